The van der Waals surface area contributed by atoms with Crippen LogP contribution in [0.5, 0.6) is 0 Å². The van der Waals surface area contributed by atoms with Crippen molar-refractivity contribution in [1.29, 1.82) is 0 Å². The molecule has 1 fully saturated rings. The average molecular weight is 267 g/mol. The van der Waals surface area contributed by atoms with Gasteiger partial charge < -0.3 is 15.2 Å². The van der Waals surface area contributed by atoms with Crippen LogP contribution in [0.4, 0.5) is 4.39 Å². The Morgan fingerprint density at radius 1 is 1.42 bits per heavy atom. The number of carbonyl (C=O) groups excluding carboxylic acids is 1. The Labute approximate surface area is 111 Å². The van der Waals surface area contributed by atoms with Gasteiger partial charge in [0, 0.05) is 13.2 Å². The number of aliphatic hydroxyl groups excluding tert-OH is 1. The van der Waals surface area contributed by atoms with E-state index in [2.05, 4.69) is 5.32 Å². The highest BCUT2D eigenvalue weighted by atomic mass is 19.1. The standard InChI is InChI=1S/C14H18FNO3/c15-12-3-1-2-11(8-12)9-13(18)16-14(10-17)4-6-19-7-5-14/h1-3,8,17H,4-7,9-10H2,(H,16,18). The largest absolute Gasteiger partial charge is 0.394 e. The summed E-state index contributed by atoms with van der Waals surface area (Å²) < 4.78 is 18.3. The van der Waals surface area contributed by atoms with Crippen LogP contribution in [-0.4, -0.2) is 36.4 Å². The molecular formula is C14H18FNO3. The molecular weight excluding hydrogens is 249 g/mol. The van der Waals surface area contributed by atoms with Gasteiger partial charge in [0.1, 0.15) is 5.82 Å². The van der Waals surface area contributed by atoms with Gasteiger partial charge >= 0.3 is 0 Å². The first kappa shape index (κ1) is 14.0. The molecule has 2 rings (SSSR count). The van der Waals surface area contributed by atoms with Crippen molar-refractivity contribution in [3.8, 4) is 0 Å². The lowest BCUT2D eigenvalue weighted by molar-refractivity contribution is -0.124. The Hall–Kier alpha value is -1.46. The first-order valence-corrected chi connectivity index (χ1v) is 6.38. The molecule has 0 saturated carbocycles. The van der Waals surface area contributed by atoms with Crippen LogP contribution >= 0.6 is 0 Å². The number of rotatable bonds is 4. The number of hydrogen-bond acceptors (Lipinski definition) is 3. The van der Waals surface area contributed by atoms with E-state index in [0.717, 1.165) is 0 Å². The number of carbonyl (C=O) groups is 1. The van der Waals surface area contributed by atoms with Gasteiger partial charge in [-0.15, -0.1) is 0 Å². The third-order valence-electron chi connectivity index (χ3n) is 3.41. The zero-order chi connectivity index (χ0) is 13.7. The number of ether oxygens (including phenoxy) is 1. The van der Waals surface area contributed by atoms with E-state index in [1.54, 1.807) is 12.1 Å². The van der Waals surface area contributed by atoms with Crippen molar-refractivity contribution in [1.82, 2.24) is 5.32 Å². The second-order valence-electron chi connectivity index (χ2n) is 4.91. The summed E-state index contributed by atoms with van der Waals surface area (Å²) in [6, 6.07) is 5.97. The molecule has 1 aromatic rings. The number of hydrogen-bond donors (Lipinski definition) is 2. The Balaban J connectivity index is 1.96. The fraction of sp³-hybridized carbons (Fsp3) is 0.500. The number of nitrogens with one attached hydrogen (secondary N) is 1. The van der Waals surface area contributed by atoms with Crippen LogP contribution in [0.25, 0.3) is 0 Å². The van der Waals surface area contributed by atoms with Crippen LogP contribution in [0.15, 0.2) is 24.3 Å². The minimum atomic E-state index is -0.595. The van der Waals surface area contributed by atoms with Crippen molar-refractivity contribution in [2.75, 3.05) is 19.8 Å². The summed E-state index contributed by atoms with van der Waals surface area (Å²) in [7, 11) is 0. The number of benzene rings is 1. The predicted molar refractivity (Wildman–Crippen MR) is 68.1 cm³/mol. The topological polar surface area (TPSA) is 58.6 Å². The Morgan fingerprint density at radius 2 is 2.16 bits per heavy atom. The summed E-state index contributed by atoms with van der Waals surface area (Å²) in [5.41, 5.74) is 0.0282. The van der Waals surface area contributed by atoms with Crippen molar-refractivity contribution in [3.63, 3.8) is 0 Å². The summed E-state index contributed by atoms with van der Waals surface area (Å²) in [6.07, 6.45) is 1.30. The van der Waals surface area contributed by atoms with E-state index in [9.17, 15) is 14.3 Å². The highest BCUT2D eigenvalue weighted by molar-refractivity contribution is 5.79. The molecule has 0 aliphatic carbocycles. The van der Waals surface area contributed by atoms with E-state index < -0.39 is 5.54 Å². The molecule has 1 aliphatic heterocycles. The molecule has 1 heterocycles. The van der Waals surface area contributed by atoms with E-state index in [-0.39, 0.29) is 24.8 Å². The van der Waals surface area contributed by atoms with Gasteiger partial charge in [0.2, 0.25) is 5.91 Å². The highest BCUT2D eigenvalue weighted by Crippen LogP contribution is 2.20. The van der Waals surface area contributed by atoms with Gasteiger partial charge in [-0.2, -0.15) is 0 Å². The molecule has 0 atom stereocenters. The second kappa shape index (κ2) is 6.12. The molecule has 0 bridgehead atoms. The normalized spacial score (nSPS) is 18.0. The zero-order valence-electron chi connectivity index (χ0n) is 10.7. The minimum Gasteiger partial charge on any atom is -0.394 e. The predicted octanol–water partition coefficient (Wildman–Crippen LogP) is 1.03. The molecule has 0 aromatic heterocycles. The minimum absolute atomic E-state index is 0.106. The third-order valence-corrected chi connectivity index (χ3v) is 3.41. The third kappa shape index (κ3) is 3.75. The molecule has 1 aliphatic rings. The first-order chi connectivity index (χ1) is 9.13. The van der Waals surface area contributed by atoms with Gasteiger partial charge in [0.25, 0.3) is 0 Å². The molecule has 1 aromatic carbocycles. The van der Waals surface area contributed by atoms with E-state index >= 15 is 0 Å². The number of amides is 1. The van der Waals surface area contributed by atoms with E-state index in [4.69, 9.17) is 4.74 Å². The number of halogens is 1. The molecule has 0 radical (unpaired) electrons. The van der Waals surface area contributed by atoms with Gasteiger partial charge in [-0.25, -0.2) is 4.39 Å². The van der Waals surface area contributed by atoms with Crippen LogP contribution in [0, 0.1) is 5.82 Å². The maximum Gasteiger partial charge on any atom is 0.224 e. The maximum absolute atomic E-state index is 13.0. The molecule has 104 valence electrons. The van der Waals surface area contributed by atoms with Gasteiger partial charge in [0.15, 0.2) is 0 Å². The summed E-state index contributed by atoms with van der Waals surface area (Å²) in [5.74, 6) is -0.560. The van der Waals surface area contributed by atoms with E-state index in [1.807, 2.05) is 0 Å². The van der Waals surface area contributed by atoms with E-state index in [1.165, 1.54) is 12.1 Å². The number of aliphatic hydroxyl groups is 1. The lowest BCUT2D eigenvalue weighted by Crippen LogP contribution is -2.55. The van der Waals surface area contributed by atoms with Crippen LogP contribution in [0.3, 0.4) is 0 Å². The molecule has 19 heavy (non-hydrogen) atoms. The Morgan fingerprint density at radius 3 is 2.79 bits per heavy atom. The SMILES string of the molecule is O=C(Cc1cccc(F)c1)NC1(CO)CCOCC1. The van der Waals surface area contributed by atoms with Gasteiger partial charge in [-0.3, -0.25) is 4.79 Å². The fourth-order valence-electron chi connectivity index (χ4n) is 2.26. The molecule has 0 spiro atoms. The van der Waals surface area contributed by atoms with E-state index in [0.29, 0.717) is 31.6 Å². The fourth-order valence-corrected chi connectivity index (χ4v) is 2.26. The maximum atomic E-state index is 13.0. The van der Waals surface area contributed by atoms with Crippen molar-refractivity contribution < 1.29 is 19.0 Å². The zero-order valence-corrected chi connectivity index (χ0v) is 10.7. The summed E-state index contributed by atoms with van der Waals surface area (Å²) in [6.45, 7) is 0.951. The van der Waals surface area contributed by atoms with Crippen molar-refractivity contribution in [2.24, 2.45) is 0 Å². The van der Waals surface area contributed by atoms with Gasteiger partial charge in [-0.1, -0.05) is 12.1 Å². The van der Waals surface area contributed by atoms with Crippen LogP contribution < -0.4 is 5.32 Å². The van der Waals surface area contributed by atoms with Crippen molar-refractivity contribution in [2.45, 2.75) is 24.8 Å². The summed E-state index contributed by atoms with van der Waals surface area (Å²) in [4.78, 5) is 12.0. The summed E-state index contributed by atoms with van der Waals surface area (Å²) in [5, 5.41) is 12.3. The first-order valence-electron chi connectivity index (χ1n) is 6.38. The van der Waals surface area contributed by atoms with Crippen molar-refractivity contribution in [3.05, 3.63) is 35.6 Å². The molecule has 1 saturated heterocycles. The average Bonchev–Trinajstić information content (AvgIpc) is 2.39. The highest BCUT2D eigenvalue weighted by Gasteiger charge is 2.33. The molecule has 4 nitrogen and oxygen atoms in total. The molecule has 0 unspecified atom stereocenters. The molecule has 1 amide bonds. The Bertz CT molecular complexity index is 444. The van der Waals surface area contributed by atoms with Gasteiger partial charge in [0.05, 0.1) is 18.6 Å². The molecule has 2 N–H and O–H groups in total. The second-order valence-corrected chi connectivity index (χ2v) is 4.91. The van der Waals surface area contributed by atoms with Crippen LogP contribution in [-0.2, 0) is 16.0 Å². The monoisotopic (exact) mass is 267 g/mol. The molecule has 5 heteroatoms. The quantitative estimate of drug-likeness (QED) is 0.856. The lowest BCUT2D eigenvalue weighted by Gasteiger charge is -2.36. The lowest BCUT2D eigenvalue weighted by atomic mass is 9.90. The summed E-state index contributed by atoms with van der Waals surface area (Å²) >= 11 is 0. The van der Waals surface area contributed by atoms with Crippen molar-refractivity contribution >= 4 is 5.91 Å². The van der Waals surface area contributed by atoms with Crippen LogP contribution in [0.2, 0.25) is 0 Å². The Kier molecular flexibility index (Phi) is 4.50. The van der Waals surface area contributed by atoms with Crippen LogP contribution in [0.1, 0.15) is 18.4 Å². The smallest absolute Gasteiger partial charge is 0.224 e. The van der Waals surface area contributed by atoms with Gasteiger partial charge in [-0.05, 0) is 30.5 Å².